The Morgan fingerprint density at radius 2 is 2.30 bits per heavy atom. The summed E-state index contributed by atoms with van der Waals surface area (Å²) in [6.07, 6.45) is 0.947. The second-order valence-electron chi connectivity index (χ2n) is 4.99. The summed E-state index contributed by atoms with van der Waals surface area (Å²) in [5.41, 5.74) is 3.36. The molecule has 0 unspecified atom stereocenters. The number of carbonyl (C=O) groups is 1. The number of hydrogen-bond acceptors (Lipinski definition) is 4. The molecule has 104 valence electrons. The van der Waals surface area contributed by atoms with Crippen LogP contribution in [0.2, 0.25) is 0 Å². The molecule has 0 saturated heterocycles. The molecule has 1 aliphatic heterocycles. The quantitative estimate of drug-likeness (QED) is 0.813. The van der Waals surface area contributed by atoms with Crippen LogP contribution < -0.4 is 4.90 Å². The molecular weight excluding hydrogens is 288 g/mol. The number of nitrogens with zero attached hydrogens (tertiary/aromatic N) is 2. The molecule has 1 aromatic heterocycles. The number of para-hydroxylation sites is 1. The van der Waals surface area contributed by atoms with Crippen molar-refractivity contribution in [1.82, 2.24) is 4.98 Å². The average Bonchev–Trinajstić information content (AvgIpc) is 2.98. The number of thiazole rings is 1. The Labute approximate surface area is 127 Å². The van der Waals surface area contributed by atoms with Crippen LogP contribution in [-0.4, -0.2) is 22.7 Å². The van der Waals surface area contributed by atoms with Gasteiger partial charge in [0.1, 0.15) is 0 Å². The van der Waals surface area contributed by atoms with E-state index in [9.17, 15) is 4.79 Å². The summed E-state index contributed by atoms with van der Waals surface area (Å²) in [5.74, 6) is 0.617. The minimum Gasteiger partial charge on any atom is -0.308 e. The first kappa shape index (κ1) is 13.6. The fourth-order valence-electron chi connectivity index (χ4n) is 2.54. The molecule has 0 radical (unpaired) electrons. The minimum atomic E-state index is 0.167. The molecule has 1 aliphatic rings. The van der Waals surface area contributed by atoms with E-state index in [1.807, 2.05) is 35.4 Å². The van der Waals surface area contributed by atoms with E-state index in [0.717, 1.165) is 22.1 Å². The number of fused-ring (bicyclic) bond motifs is 1. The number of aromatic nitrogens is 1. The van der Waals surface area contributed by atoms with E-state index in [2.05, 4.69) is 18.0 Å². The summed E-state index contributed by atoms with van der Waals surface area (Å²) in [7, 11) is 0. The van der Waals surface area contributed by atoms with Crippen LogP contribution in [0.1, 0.15) is 18.2 Å². The van der Waals surface area contributed by atoms with E-state index in [1.54, 1.807) is 11.3 Å². The Balaban J connectivity index is 1.71. The molecule has 1 atom stereocenters. The maximum atomic E-state index is 12.5. The molecular formula is C15H16N2OS2. The monoisotopic (exact) mass is 304 g/mol. The predicted octanol–water partition coefficient (Wildman–Crippen LogP) is 3.52. The summed E-state index contributed by atoms with van der Waals surface area (Å²) in [4.78, 5) is 18.8. The number of rotatable bonds is 3. The molecule has 0 saturated carbocycles. The largest absolute Gasteiger partial charge is 0.308 e. The third-order valence-electron chi connectivity index (χ3n) is 3.39. The number of amides is 1. The minimum absolute atomic E-state index is 0.167. The topological polar surface area (TPSA) is 33.2 Å². The molecule has 0 N–H and O–H groups in total. The first-order valence-electron chi connectivity index (χ1n) is 6.60. The van der Waals surface area contributed by atoms with Crippen LogP contribution >= 0.6 is 23.1 Å². The molecule has 20 heavy (non-hydrogen) atoms. The fourth-order valence-corrected chi connectivity index (χ4v) is 4.25. The lowest BCUT2D eigenvalue weighted by Gasteiger charge is -2.22. The smallest absolute Gasteiger partial charge is 0.237 e. The third kappa shape index (κ3) is 2.60. The molecule has 3 nitrogen and oxygen atoms in total. The van der Waals surface area contributed by atoms with E-state index in [1.165, 1.54) is 17.3 Å². The molecule has 5 heteroatoms. The van der Waals surface area contributed by atoms with Crippen molar-refractivity contribution in [1.29, 1.82) is 0 Å². The number of benzene rings is 1. The number of aryl methyl sites for hydroxylation is 1. The average molecular weight is 304 g/mol. The van der Waals surface area contributed by atoms with Crippen molar-refractivity contribution < 1.29 is 4.79 Å². The summed E-state index contributed by atoms with van der Waals surface area (Å²) in [6, 6.07) is 8.42. The van der Waals surface area contributed by atoms with Crippen LogP contribution in [0.25, 0.3) is 0 Å². The molecule has 0 fully saturated rings. The molecule has 0 bridgehead atoms. The van der Waals surface area contributed by atoms with Crippen molar-refractivity contribution in [2.24, 2.45) is 0 Å². The summed E-state index contributed by atoms with van der Waals surface area (Å²) >= 11 is 3.13. The van der Waals surface area contributed by atoms with Crippen molar-refractivity contribution in [3.8, 4) is 0 Å². The van der Waals surface area contributed by atoms with Gasteiger partial charge in [-0.3, -0.25) is 4.79 Å². The van der Waals surface area contributed by atoms with Gasteiger partial charge in [-0.1, -0.05) is 30.0 Å². The lowest BCUT2D eigenvalue weighted by atomic mass is 10.1. The Hall–Kier alpha value is -1.33. The van der Waals surface area contributed by atoms with Crippen molar-refractivity contribution in [3.63, 3.8) is 0 Å². The number of anilines is 1. The predicted molar refractivity (Wildman–Crippen MR) is 84.7 cm³/mol. The van der Waals surface area contributed by atoms with Crippen LogP contribution in [0, 0.1) is 6.92 Å². The molecule has 0 aliphatic carbocycles. The van der Waals surface area contributed by atoms with Crippen LogP contribution in [0.15, 0.2) is 34.0 Å². The normalized spacial score (nSPS) is 17.3. The number of carbonyl (C=O) groups excluding carboxylic acids is 1. The van der Waals surface area contributed by atoms with Gasteiger partial charge in [0.2, 0.25) is 5.91 Å². The van der Waals surface area contributed by atoms with Gasteiger partial charge < -0.3 is 4.90 Å². The fraction of sp³-hybridized carbons (Fsp3) is 0.333. The number of hydrogen-bond donors (Lipinski definition) is 0. The van der Waals surface area contributed by atoms with Gasteiger partial charge >= 0.3 is 0 Å². The second-order valence-corrected chi connectivity index (χ2v) is 7.07. The van der Waals surface area contributed by atoms with Gasteiger partial charge in [-0.15, -0.1) is 11.3 Å². The third-order valence-corrected chi connectivity index (χ3v) is 5.52. The highest BCUT2D eigenvalue weighted by Crippen LogP contribution is 2.33. The van der Waals surface area contributed by atoms with Gasteiger partial charge in [-0.25, -0.2) is 4.98 Å². The van der Waals surface area contributed by atoms with Crippen molar-refractivity contribution in [2.75, 3.05) is 10.7 Å². The van der Waals surface area contributed by atoms with Gasteiger partial charge in [0.25, 0.3) is 0 Å². The van der Waals surface area contributed by atoms with E-state index in [4.69, 9.17) is 0 Å². The lowest BCUT2D eigenvalue weighted by molar-refractivity contribution is -0.116. The van der Waals surface area contributed by atoms with Gasteiger partial charge in [0, 0.05) is 22.8 Å². The molecule has 1 amide bonds. The Morgan fingerprint density at radius 1 is 1.50 bits per heavy atom. The van der Waals surface area contributed by atoms with E-state index >= 15 is 0 Å². The second kappa shape index (κ2) is 5.58. The maximum absolute atomic E-state index is 12.5. The lowest BCUT2D eigenvalue weighted by Crippen LogP contribution is -2.36. The highest BCUT2D eigenvalue weighted by Gasteiger charge is 2.30. The van der Waals surface area contributed by atoms with Gasteiger partial charge in [0.05, 0.1) is 5.75 Å². The Bertz CT molecular complexity index is 638. The van der Waals surface area contributed by atoms with Crippen molar-refractivity contribution >= 4 is 34.7 Å². The van der Waals surface area contributed by atoms with E-state index < -0.39 is 0 Å². The highest BCUT2D eigenvalue weighted by atomic mass is 32.2. The first-order valence-corrected chi connectivity index (χ1v) is 8.46. The Morgan fingerprint density at radius 3 is 3.05 bits per heavy atom. The first-order chi connectivity index (χ1) is 9.65. The molecule has 3 rings (SSSR count). The van der Waals surface area contributed by atoms with Crippen LogP contribution in [-0.2, 0) is 11.2 Å². The molecule has 0 spiro atoms. The van der Waals surface area contributed by atoms with E-state index in [0.29, 0.717) is 5.75 Å². The van der Waals surface area contributed by atoms with Crippen LogP contribution in [0.5, 0.6) is 0 Å². The van der Waals surface area contributed by atoms with Gasteiger partial charge in [-0.05, 0) is 31.9 Å². The van der Waals surface area contributed by atoms with Crippen molar-refractivity contribution in [3.05, 3.63) is 40.9 Å². The zero-order valence-corrected chi connectivity index (χ0v) is 13.1. The molecule has 1 aromatic carbocycles. The van der Waals surface area contributed by atoms with Gasteiger partial charge in [0.15, 0.2) is 4.34 Å². The number of thioether (sulfide) groups is 1. The van der Waals surface area contributed by atoms with Crippen molar-refractivity contribution in [2.45, 2.75) is 30.6 Å². The van der Waals surface area contributed by atoms with Crippen LogP contribution in [0.3, 0.4) is 0 Å². The summed E-state index contributed by atoms with van der Waals surface area (Å²) in [5, 5.41) is 2.01. The van der Waals surface area contributed by atoms with E-state index in [-0.39, 0.29) is 11.9 Å². The zero-order chi connectivity index (χ0) is 14.1. The molecule has 2 heterocycles. The summed E-state index contributed by atoms with van der Waals surface area (Å²) < 4.78 is 0.969. The highest BCUT2D eigenvalue weighted by molar-refractivity contribution is 8.01. The zero-order valence-electron chi connectivity index (χ0n) is 11.5. The molecule has 2 aromatic rings. The van der Waals surface area contributed by atoms with Gasteiger partial charge in [-0.2, -0.15) is 0 Å². The Kier molecular flexibility index (Phi) is 3.81. The van der Waals surface area contributed by atoms with Crippen LogP contribution in [0.4, 0.5) is 5.69 Å². The standard InChI is InChI=1S/C15H16N2OS2/c1-10-8-19-15(16-10)20-9-14(18)17-11(2)7-12-5-3-4-6-13(12)17/h3-6,8,11H,7,9H2,1-2H3/t11-/m0/s1. The SMILES string of the molecule is Cc1csc(SCC(=O)N2c3ccccc3C[C@@H]2C)n1. The maximum Gasteiger partial charge on any atom is 0.237 e. The summed E-state index contributed by atoms with van der Waals surface area (Å²) in [6.45, 7) is 4.08.